The predicted octanol–water partition coefficient (Wildman–Crippen LogP) is 0.849. The van der Waals surface area contributed by atoms with Gasteiger partial charge in [0.15, 0.2) is 4.87 Å². The summed E-state index contributed by atoms with van der Waals surface area (Å²) >= 11 is 7.48. The zero-order valence-corrected chi connectivity index (χ0v) is 59.0. The fraction of sp³-hybridized carbons (Fsp3) is 0.417. The molecule has 1 fully saturated rings. The SMILES string of the molecule is C=C1NC(=O)[C@@H]2CSC(=N2)c2cnc(s2)-c2ccc3c(n2)[C@@H](CC)NC(=O)[C@@H]2CCCN2C(=O)/C(=C/C)NC(=O)CNC(=O)[C@H]([C@@H](C)O)NC(=O)[C@@](C)(NC(=O)/C(=C/C)NC(=O)[C@@H]2CSC(=N2)[C@H](CC(N)=O)NC3=O)SC[C@@H](C(=O)O)NC(=O)[C@H]2C=NC(S2)c2csc(n2)-c2csc1n2. The number of carboxylic acids is 1. The first-order chi connectivity index (χ1) is 47.2. The van der Waals surface area contributed by atoms with E-state index in [0.717, 1.165) is 37.4 Å². The Hall–Kier alpha value is -8.73. The van der Waals surface area contributed by atoms with E-state index in [9.17, 15) is 67.7 Å². The summed E-state index contributed by atoms with van der Waals surface area (Å²) in [4.78, 5) is 201. The van der Waals surface area contributed by atoms with Gasteiger partial charge in [-0.1, -0.05) is 25.7 Å². The number of aliphatic hydroxyl groups is 1. The number of hydrogen-bond donors (Lipinski definition) is 12. The summed E-state index contributed by atoms with van der Waals surface area (Å²) in [6, 6.07) is -6.27. The average Bonchev–Trinajstić information content (AvgIpc) is 1.78. The maximum atomic E-state index is 14.9. The average molecular weight is 1490 g/mol. The van der Waals surface area contributed by atoms with Crippen LogP contribution in [0.25, 0.3) is 27.1 Å². The number of rotatable bonds is 5. The molecule has 16 bridgehead atoms. The number of nitrogens with zero attached hydrogens (tertiary/aromatic N) is 8. The van der Waals surface area contributed by atoms with E-state index in [0.29, 0.717) is 54.5 Å². The van der Waals surface area contributed by atoms with Gasteiger partial charge >= 0.3 is 5.97 Å². The molecule has 1 saturated heterocycles. The van der Waals surface area contributed by atoms with Gasteiger partial charge in [0.25, 0.3) is 23.6 Å². The van der Waals surface area contributed by atoms with Crippen LogP contribution in [-0.2, 0) is 52.7 Å². The number of aliphatic imine (C=N–C) groups is 3. The lowest BCUT2D eigenvalue weighted by Gasteiger charge is -2.32. The van der Waals surface area contributed by atoms with Gasteiger partial charge in [-0.2, -0.15) is 0 Å². The summed E-state index contributed by atoms with van der Waals surface area (Å²) < 4.78 is 0. The van der Waals surface area contributed by atoms with Crippen LogP contribution in [0.3, 0.4) is 0 Å². The third-order valence-corrected chi connectivity index (χ3v) is 23.6. The largest absolute Gasteiger partial charge is 0.480 e. The fourth-order valence-electron chi connectivity index (χ4n) is 10.6. The van der Waals surface area contributed by atoms with E-state index in [1.54, 1.807) is 23.9 Å². The molecule has 0 aliphatic carbocycles. The van der Waals surface area contributed by atoms with E-state index < -0.39 is 159 Å². The van der Waals surface area contributed by atoms with E-state index in [2.05, 4.69) is 74.4 Å². The van der Waals surface area contributed by atoms with Crippen molar-refractivity contribution in [1.29, 1.82) is 0 Å². The molecule has 0 aromatic carbocycles. The van der Waals surface area contributed by atoms with Crippen LogP contribution in [0.5, 0.6) is 0 Å². The number of pyridine rings is 1. The third kappa shape index (κ3) is 17.0. The minimum absolute atomic E-state index is 0.0328. The molecule has 13 N–H and O–H groups in total. The Morgan fingerprint density at radius 3 is 2.27 bits per heavy atom. The number of primary amides is 1. The molecule has 11 rings (SSSR count). The van der Waals surface area contributed by atoms with Gasteiger partial charge in [0, 0.05) is 47.0 Å². The van der Waals surface area contributed by atoms with Crippen LogP contribution in [-0.4, -0.2) is 205 Å². The van der Waals surface area contributed by atoms with Gasteiger partial charge in [-0.15, -0.1) is 81.1 Å². The maximum absolute atomic E-state index is 14.9. The Morgan fingerprint density at radius 1 is 0.808 bits per heavy atom. The molecule has 39 heteroatoms. The van der Waals surface area contributed by atoms with E-state index in [-0.39, 0.29) is 64.3 Å². The number of fused-ring (bicyclic) bond motifs is 8. The van der Waals surface area contributed by atoms with Gasteiger partial charge in [-0.3, -0.25) is 67.7 Å². The molecule has 7 aliphatic heterocycles. The molecule has 0 saturated carbocycles. The summed E-state index contributed by atoms with van der Waals surface area (Å²) in [5, 5.41) is 48.3. The summed E-state index contributed by atoms with van der Waals surface area (Å²) in [7, 11) is 0. The summed E-state index contributed by atoms with van der Waals surface area (Å²) in [6.07, 6.45) is 3.74. The molecule has 11 heterocycles. The van der Waals surface area contributed by atoms with Gasteiger partial charge in [-0.05, 0) is 59.1 Å². The Morgan fingerprint density at radius 2 is 1.55 bits per heavy atom. The number of thioether (sulfide) groups is 4. The lowest BCUT2D eigenvalue weighted by molar-refractivity contribution is -0.141. The molecule has 0 radical (unpaired) electrons. The van der Waals surface area contributed by atoms with Crippen LogP contribution in [0.1, 0.15) is 103 Å². The van der Waals surface area contributed by atoms with E-state index in [1.807, 2.05) is 0 Å². The zero-order valence-electron chi connectivity index (χ0n) is 53.3. The predicted molar refractivity (Wildman–Crippen MR) is 375 cm³/mol. The molecule has 32 nitrogen and oxygen atoms in total. The quantitative estimate of drug-likeness (QED) is 0.123. The van der Waals surface area contributed by atoms with Crippen molar-refractivity contribution in [3.8, 4) is 21.4 Å². The van der Waals surface area contributed by atoms with Crippen molar-refractivity contribution in [3.05, 3.63) is 86.1 Å². The first-order valence-electron chi connectivity index (χ1n) is 30.6. The summed E-state index contributed by atoms with van der Waals surface area (Å²) in [5.74, 6) is -11.8. The van der Waals surface area contributed by atoms with E-state index in [4.69, 9.17) is 20.7 Å². The number of nitrogens with two attached hydrogens (primary N) is 1. The molecule has 0 spiro atoms. The molecule has 7 aliphatic rings. The van der Waals surface area contributed by atoms with Crippen molar-refractivity contribution in [2.75, 3.05) is 30.3 Å². The zero-order chi connectivity index (χ0) is 71.1. The Balaban J connectivity index is 1.05. The number of amides is 11. The van der Waals surface area contributed by atoms with Gasteiger partial charge in [0.2, 0.25) is 41.4 Å². The normalized spacial score (nSPS) is 27.6. The van der Waals surface area contributed by atoms with Crippen LogP contribution in [0.15, 0.2) is 74.2 Å². The first kappa shape index (κ1) is 73.0. The highest BCUT2D eigenvalue weighted by atomic mass is 32.2. The van der Waals surface area contributed by atoms with Crippen molar-refractivity contribution in [1.82, 2.24) is 72.7 Å². The number of aliphatic carboxylic acids is 1. The molecule has 1 unspecified atom stereocenters. The molecule has 4 aromatic heterocycles. The van der Waals surface area contributed by atoms with Gasteiger partial charge in [0.1, 0.15) is 78.0 Å². The topological polar surface area (TPSA) is 471 Å². The number of carbonyl (C=O) groups is 12. The molecule has 99 heavy (non-hydrogen) atoms. The number of allylic oxidation sites excluding steroid dienone is 2. The van der Waals surface area contributed by atoms with Crippen LogP contribution in [0.4, 0.5) is 0 Å². The number of carboxylic acid groups (broad SMARTS) is 1. The highest BCUT2D eigenvalue weighted by Crippen LogP contribution is 2.41. The summed E-state index contributed by atoms with van der Waals surface area (Å²) in [6.45, 7) is 10.1. The highest BCUT2D eigenvalue weighted by Gasteiger charge is 2.44. The van der Waals surface area contributed by atoms with Crippen LogP contribution < -0.4 is 53.6 Å². The van der Waals surface area contributed by atoms with Crippen molar-refractivity contribution >= 4 is 174 Å². The standard InChI is InChI=1S/C60H66N18O14S7/c1-7-27-43-26-12-13-30(67-43)52-64-17-39(99-52)56-73-32(20-96-56)45(83)65-24(4)51-74-35(22-93-51)55-75-34(21-95-55)53-63-16-38(98-53)49(87)71-36(58(90)91)23-97-60(6,77-47(85)28(8-2)69-46(84)33-19-94-54(72-33)31(15-40(61)80)70-44(26)82)59(92)76-42(25(5)79)50(88)62-18-41(81)66-29(9-3)57(89)78-14-10-11-37(78)48(86)68-27/h8-9,12-13,16-17,21-22,25,27,31-33,36-38,42,53,79H,4,7,10-11,14-15,18-20,23H2,1-3,5-6H3,(H2,61,80)(H,62,88)(H,65,83)(H,66,81)(H,68,86)(H,69,84)(H,70,82)(H,71,87)(H,76,92)(H,77,85)(H,90,91)/b28-8-,29-9-/t25-,27-,31+,32+,33+,36+,37+,38-,42+,53?,60+/m1/s1. The smallest absolute Gasteiger partial charge is 0.327 e. The number of aliphatic hydroxyl groups excluding tert-OH is 1. The minimum Gasteiger partial charge on any atom is -0.480 e. The maximum Gasteiger partial charge on any atom is 0.327 e. The highest BCUT2D eigenvalue weighted by molar-refractivity contribution is 8.15. The van der Waals surface area contributed by atoms with Gasteiger partial charge in [-0.25, -0.2) is 24.7 Å². The van der Waals surface area contributed by atoms with Crippen molar-refractivity contribution in [2.24, 2.45) is 20.7 Å². The first-order valence-corrected chi connectivity index (χ1v) is 37.1. The van der Waals surface area contributed by atoms with Crippen molar-refractivity contribution < 1.29 is 67.7 Å². The minimum atomic E-state index is -2.35. The Labute approximate surface area is 593 Å². The third-order valence-electron chi connectivity index (χ3n) is 15.8. The van der Waals surface area contributed by atoms with Crippen molar-refractivity contribution in [3.63, 3.8) is 0 Å². The number of nitrogens with one attached hydrogen (secondary N) is 9. The molecule has 11 atom stereocenters. The van der Waals surface area contributed by atoms with Crippen LogP contribution in [0, 0.1) is 0 Å². The lowest BCUT2D eigenvalue weighted by atomic mass is 10.0. The van der Waals surface area contributed by atoms with Gasteiger partial charge < -0.3 is 68.7 Å². The lowest BCUT2D eigenvalue weighted by Crippen LogP contribution is -2.62. The van der Waals surface area contributed by atoms with Gasteiger partial charge in [0.05, 0.1) is 69.4 Å². The number of aromatic nitrogens is 4. The second-order valence-corrected chi connectivity index (χ2v) is 30.3. The monoisotopic (exact) mass is 1490 g/mol. The van der Waals surface area contributed by atoms with Crippen molar-refractivity contribution in [2.45, 2.75) is 124 Å². The second kappa shape index (κ2) is 31.6. The molecule has 522 valence electrons. The van der Waals surface area contributed by atoms with Crippen LogP contribution >= 0.6 is 81.1 Å². The fourth-order valence-corrected chi connectivity index (χ4v) is 17.5. The number of thiazole rings is 3. The molecule has 11 amide bonds. The molecule has 4 aromatic rings. The second-order valence-electron chi connectivity index (χ2n) is 22.9. The number of carbonyl (C=O) groups excluding carboxylic acids is 11. The Bertz CT molecular complexity index is 4150. The molecular formula is C60H66N18O14S7. The molecular weight excluding hydrogens is 1420 g/mol. The number of hydrogen-bond acceptors (Lipinski definition) is 27. The summed E-state index contributed by atoms with van der Waals surface area (Å²) in [5.41, 5.74) is 6.36. The Kier molecular flexibility index (Phi) is 23.3. The van der Waals surface area contributed by atoms with E-state index in [1.165, 1.54) is 95.0 Å². The van der Waals surface area contributed by atoms with E-state index >= 15 is 0 Å². The van der Waals surface area contributed by atoms with Crippen LogP contribution in [0.2, 0.25) is 0 Å².